The Balaban J connectivity index is 2.10. The molecule has 0 spiro atoms. The molecular formula is C21H19ClN2O4S. The predicted octanol–water partition coefficient (Wildman–Crippen LogP) is 4.11. The van der Waals surface area contributed by atoms with E-state index in [0.717, 1.165) is 11.3 Å². The molecule has 1 heterocycles. The number of ether oxygens (including phenoxy) is 1. The number of anilines is 1. The van der Waals surface area contributed by atoms with Crippen LogP contribution in [-0.2, 0) is 9.59 Å². The molecule has 0 radical (unpaired) electrons. The number of aryl methyl sites for hydroxylation is 1. The first kappa shape index (κ1) is 20.8. The molecule has 1 amide bonds. The molecule has 1 aliphatic heterocycles. The third-order valence-electron chi connectivity index (χ3n) is 4.35. The number of halogens is 1. The fourth-order valence-electron chi connectivity index (χ4n) is 2.94. The fourth-order valence-corrected chi connectivity index (χ4v) is 3.54. The first-order valence-electron chi connectivity index (χ1n) is 8.90. The first-order chi connectivity index (χ1) is 13.8. The van der Waals surface area contributed by atoms with Crippen LogP contribution in [0.2, 0.25) is 5.02 Å². The summed E-state index contributed by atoms with van der Waals surface area (Å²) in [7, 11) is 0. The second-order valence-corrected chi connectivity index (χ2v) is 7.20. The molecule has 0 aromatic heterocycles. The van der Waals surface area contributed by atoms with E-state index in [-0.39, 0.29) is 5.91 Å². The van der Waals surface area contributed by atoms with Crippen LogP contribution in [-0.4, -0.2) is 40.1 Å². The second kappa shape index (κ2) is 8.63. The Labute approximate surface area is 178 Å². The predicted molar refractivity (Wildman–Crippen MR) is 116 cm³/mol. The highest BCUT2D eigenvalue weighted by Crippen LogP contribution is 2.33. The smallest absolute Gasteiger partial charge is 0.341 e. The van der Waals surface area contributed by atoms with Gasteiger partial charge in [0.05, 0.1) is 0 Å². The van der Waals surface area contributed by atoms with E-state index in [1.54, 1.807) is 29.2 Å². The Morgan fingerprint density at radius 3 is 2.55 bits per heavy atom. The number of rotatable bonds is 6. The van der Waals surface area contributed by atoms with Gasteiger partial charge in [-0.15, -0.1) is 0 Å². The number of carboxylic acids is 1. The van der Waals surface area contributed by atoms with Crippen LogP contribution in [0.1, 0.15) is 18.1 Å². The van der Waals surface area contributed by atoms with Gasteiger partial charge in [-0.25, -0.2) is 4.79 Å². The van der Waals surface area contributed by atoms with Crippen molar-refractivity contribution in [3.63, 3.8) is 0 Å². The van der Waals surface area contributed by atoms with Gasteiger partial charge >= 0.3 is 5.97 Å². The molecule has 0 aliphatic carbocycles. The van der Waals surface area contributed by atoms with Gasteiger partial charge in [-0.3, -0.25) is 14.6 Å². The van der Waals surface area contributed by atoms with Gasteiger partial charge in [0, 0.05) is 22.8 Å². The summed E-state index contributed by atoms with van der Waals surface area (Å²) in [5.41, 5.74) is 2.66. The third kappa shape index (κ3) is 4.41. The Hall–Kier alpha value is -2.90. The van der Waals surface area contributed by atoms with Crippen molar-refractivity contribution in [3.05, 3.63) is 64.3 Å². The zero-order valence-corrected chi connectivity index (χ0v) is 17.5. The quantitative estimate of drug-likeness (QED) is 0.549. The molecule has 1 N–H and O–H groups in total. The minimum absolute atomic E-state index is 0.248. The lowest BCUT2D eigenvalue weighted by Gasteiger charge is -2.20. The van der Waals surface area contributed by atoms with Crippen molar-refractivity contribution >= 4 is 52.6 Å². The Morgan fingerprint density at radius 1 is 1.24 bits per heavy atom. The van der Waals surface area contributed by atoms with Crippen molar-refractivity contribution in [1.82, 2.24) is 4.90 Å². The summed E-state index contributed by atoms with van der Waals surface area (Å²) in [5, 5.41) is 9.72. The zero-order valence-electron chi connectivity index (χ0n) is 15.9. The van der Waals surface area contributed by atoms with E-state index in [0.29, 0.717) is 33.7 Å². The maximum absolute atomic E-state index is 13.0. The number of aliphatic carboxylic acids is 1. The summed E-state index contributed by atoms with van der Waals surface area (Å²) in [4.78, 5) is 27.1. The second-order valence-electron chi connectivity index (χ2n) is 6.40. The minimum Gasteiger partial charge on any atom is -0.481 e. The Kier molecular flexibility index (Phi) is 6.20. The van der Waals surface area contributed by atoms with Crippen molar-refractivity contribution in [2.24, 2.45) is 0 Å². The number of carbonyl (C=O) groups is 2. The summed E-state index contributed by atoms with van der Waals surface area (Å²) in [6.45, 7) is 3.74. The summed E-state index contributed by atoms with van der Waals surface area (Å²) >= 11 is 11.7. The van der Waals surface area contributed by atoms with E-state index < -0.39 is 12.6 Å². The SMILES string of the molecule is CCN1C(=O)C(=Cc2cc(Cl)ccc2OCC(=O)O)N(c2ccc(C)cc2)C1=S. The lowest BCUT2D eigenvalue weighted by Crippen LogP contribution is -2.32. The van der Waals surface area contributed by atoms with Gasteiger partial charge in [-0.1, -0.05) is 29.3 Å². The minimum atomic E-state index is -1.10. The van der Waals surface area contributed by atoms with Crippen LogP contribution >= 0.6 is 23.8 Å². The van der Waals surface area contributed by atoms with Crippen molar-refractivity contribution in [3.8, 4) is 5.75 Å². The van der Waals surface area contributed by atoms with Gasteiger partial charge in [0.25, 0.3) is 5.91 Å². The molecule has 1 saturated heterocycles. The summed E-state index contributed by atoms with van der Waals surface area (Å²) < 4.78 is 5.36. The lowest BCUT2D eigenvalue weighted by atomic mass is 10.1. The van der Waals surface area contributed by atoms with E-state index in [1.165, 1.54) is 4.90 Å². The molecule has 8 heteroatoms. The molecule has 0 saturated carbocycles. The number of carbonyl (C=O) groups excluding carboxylic acids is 1. The highest BCUT2D eigenvalue weighted by Gasteiger charge is 2.38. The highest BCUT2D eigenvalue weighted by atomic mass is 35.5. The number of thiocarbonyl (C=S) groups is 1. The van der Waals surface area contributed by atoms with Gasteiger partial charge in [0.15, 0.2) is 11.7 Å². The largest absolute Gasteiger partial charge is 0.481 e. The lowest BCUT2D eigenvalue weighted by molar-refractivity contribution is -0.139. The van der Waals surface area contributed by atoms with E-state index in [2.05, 4.69) is 0 Å². The monoisotopic (exact) mass is 430 g/mol. The highest BCUT2D eigenvalue weighted by molar-refractivity contribution is 7.80. The van der Waals surface area contributed by atoms with Gasteiger partial charge < -0.3 is 9.84 Å². The van der Waals surface area contributed by atoms with Crippen LogP contribution < -0.4 is 9.64 Å². The number of hydrogen-bond acceptors (Lipinski definition) is 4. The molecule has 6 nitrogen and oxygen atoms in total. The fraction of sp³-hybridized carbons (Fsp3) is 0.190. The molecule has 1 aliphatic rings. The van der Waals surface area contributed by atoms with Gasteiger partial charge in [0.2, 0.25) is 0 Å². The molecule has 0 unspecified atom stereocenters. The molecule has 2 aromatic rings. The summed E-state index contributed by atoms with van der Waals surface area (Å²) in [6, 6.07) is 12.4. The number of nitrogens with zero attached hydrogens (tertiary/aromatic N) is 2. The van der Waals surface area contributed by atoms with Crippen LogP contribution in [0.15, 0.2) is 48.2 Å². The molecule has 0 atom stereocenters. The molecule has 3 rings (SSSR count). The average molecular weight is 431 g/mol. The van der Waals surface area contributed by atoms with E-state index in [9.17, 15) is 9.59 Å². The Bertz CT molecular complexity index is 1000. The molecular weight excluding hydrogens is 412 g/mol. The van der Waals surface area contributed by atoms with Crippen molar-refractivity contribution in [1.29, 1.82) is 0 Å². The molecule has 0 bridgehead atoms. The maximum atomic E-state index is 13.0. The molecule has 29 heavy (non-hydrogen) atoms. The average Bonchev–Trinajstić information content (AvgIpc) is 2.91. The zero-order chi connectivity index (χ0) is 21.1. The van der Waals surface area contributed by atoms with E-state index in [4.69, 9.17) is 33.7 Å². The third-order valence-corrected chi connectivity index (χ3v) is 4.99. The van der Waals surface area contributed by atoms with Gasteiger partial charge in [0.1, 0.15) is 11.4 Å². The number of amides is 1. The van der Waals surface area contributed by atoms with Gasteiger partial charge in [-0.2, -0.15) is 0 Å². The van der Waals surface area contributed by atoms with Crippen LogP contribution in [0.5, 0.6) is 5.75 Å². The normalized spacial score (nSPS) is 15.3. The van der Waals surface area contributed by atoms with Crippen LogP contribution in [0.25, 0.3) is 6.08 Å². The number of carboxylic acid groups (broad SMARTS) is 1. The van der Waals surface area contributed by atoms with Crippen molar-refractivity contribution < 1.29 is 19.4 Å². The van der Waals surface area contributed by atoms with E-state index in [1.807, 2.05) is 38.1 Å². The topological polar surface area (TPSA) is 70.1 Å². The number of hydrogen-bond donors (Lipinski definition) is 1. The Morgan fingerprint density at radius 2 is 1.93 bits per heavy atom. The maximum Gasteiger partial charge on any atom is 0.341 e. The molecule has 150 valence electrons. The number of likely N-dealkylation sites (N-methyl/N-ethyl adjacent to an activating group) is 1. The first-order valence-corrected chi connectivity index (χ1v) is 9.69. The van der Waals surface area contributed by atoms with Gasteiger partial charge in [-0.05, 0) is 62.5 Å². The number of benzene rings is 2. The van der Waals surface area contributed by atoms with Crippen molar-refractivity contribution in [2.75, 3.05) is 18.1 Å². The van der Waals surface area contributed by atoms with Crippen LogP contribution in [0, 0.1) is 6.92 Å². The van der Waals surface area contributed by atoms with Crippen LogP contribution in [0.3, 0.4) is 0 Å². The molecule has 2 aromatic carbocycles. The standard InChI is InChI=1S/C21H19ClN2O4S/c1-3-23-20(27)17(24(21(23)29)16-7-4-13(2)5-8-16)11-14-10-15(22)6-9-18(14)28-12-19(25)26/h4-11H,3,12H2,1-2H3,(H,25,26). The molecule has 1 fully saturated rings. The summed E-state index contributed by atoms with van der Waals surface area (Å²) in [5.74, 6) is -1.04. The van der Waals surface area contributed by atoms with Crippen molar-refractivity contribution in [2.45, 2.75) is 13.8 Å². The van der Waals surface area contributed by atoms with Crippen LogP contribution in [0.4, 0.5) is 5.69 Å². The summed E-state index contributed by atoms with van der Waals surface area (Å²) in [6.07, 6.45) is 1.62. The van der Waals surface area contributed by atoms with E-state index >= 15 is 0 Å².